The number of nitrogens with one attached hydrogen (secondary N) is 2. The molecule has 0 atom stereocenters. The zero-order valence-electron chi connectivity index (χ0n) is 18.8. The molecule has 1 fully saturated rings. The third kappa shape index (κ3) is 5.73. The largest absolute Gasteiger partial charge is 0.477 e. The number of aliphatic hydroxyl groups excluding tert-OH is 1. The summed E-state index contributed by atoms with van der Waals surface area (Å²) >= 11 is 0. The highest BCUT2D eigenvalue weighted by molar-refractivity contribution is 6.00. The van der Waals surface area contributed by atoms with Crippen LogP contribution in [0.3, 0.4) is 0 Å². The van der Waals surface area contributed by atoms with E-state index < -0.39 is 17.9 Å². The van der Waals surface area contributed by atoms with Gasteiger partial charge in [-0.3, -0.25) is 4.79 Å². The van der Waals surface area contributed by atoms with Gasteiger partial charge in [-0.05, 0) is 49.1 Å². The molecule has 2 heterocycles. The molecule has 0 radical (unpaired) electrons. The SMILES string of the molecule is O=C(NCc1ccc(C(F)(F)F)nc1OCC1CCC1)Nc1cccc2c1ccc(=O)n2CCO. The van der Waals surface area contributed by atoms with Gasteiger partial charge in [-0.25, -0.2) is 9.78 Å². The summed E-state index contributed by atoms with van der Waals surface area (Å²) in [6, 6.07) is 9.46. The minimum atomic E-state index is -4.61. The first-order chi connectivity index (χ1) is 16.8. The Morgan fingerprint density at radius 2 is 1.97 bits per heavy atom. The van der Waals surface area contributed by atoms with Gasteiger partial charge in [0.2, 0.25) is 5.88 Å². The van der Waals surface area contributed by atoms with Crippen molar-refractivity contribution in [3.05, 3.63) is 64.1 Å². The van der Waals surface area contributed by atoms with Gasteiger partial charge in [0.1, 0.15) is 5.69 Å². The minimum absolute atomic E-state index is 0.100. The number of anilines is 1. The molecule has 35 heavy (non-hydrogen) atoms. The van der Waals surface area contributed by atoms with Crippen LogP contribution in [0.5, 0.6) is 5.88 Å². The van der Waals surface area contributed by atoms with E-state index in [1.165, 1.54) is 16.7 Å². The van der Waals surface area contributed by atoms with Gasteiger partial charge in [0.15, 0.2) is 0 Å². The highest BCUT2D eigenvalue weighted by Gasteiger charge is 2.33. The molecule has 3 aromatic rings. The summed E-state index contributed by atoms with van der Waals surface area (Å²) in [7, 11) is 0. The van der Waals surface area contributed by atoms with E-state index >= 15 is 0 Å². The lowest BCUT2D eigenvalue weighted by Crippen LogP contribution is -2.29. The predicted octanol–water partition coefficient (Wildman–Crippen LogP) is 3.91. The molecule has 4 rings (SSSR count). The van der Waals surface area contributed by atoms with E-state index in [-0.39, 0.29) is 37.7 Å². The van der Waals surface area contributed by atoms with Gasteiger partial charge in [0.05, 0.1) is 24.4 Å². The average Bonchev–Trinajstić information content (AvgIpc) is 2.78. The summed E-state index contributed by atoms with van der Waals surface area (Å²) in [5.74, 6) is 0.148. The van der Waals surface area contributed by atoms with Crippen molar-refractivity contribution in [2.75, 3.05) is 18.5 Å². The molecule has 1 saturated carbocycles. The van der Waals surface area contributed by atoms with Crippen LogP contribution < -0.4 is 20.9 Å². The Labute approximate surface area is 198 Å². The molecule has 0 bridgehead atoms. The van der Waals surface area contributed by atoms with Crippen molar-refractivity contribution in [3.63, 3.8) is 0 Å². The van der Waals surface area contributed by atoms with E-state index in [0.717, 1.165) is 25.3 Å². The van der Waals surface area contributed by atoms with Crippen molar-refractivity contribution in [3.8, 4) is 5.88 Å². The van der Waals surface area contributed by atoms with Crippen molar-refractivity contribution in [1.82, 2.24) is 14.9 Å². The number of halogens is 3. The Balaban J connectivity index is 1.49. The fourth-order valence-corrected chi connectivity index (χ4v) is 3.85. The monoisotopic (exact) mass is 490 g/mol. The molecular weight excluding hydrogens is 465 g/mol. The summed E-state index contributed by atoms with van der Waals surface area (Å²) < 4.78 is 46.4. The van der Waals surface area contributed by atoms with Gasteiger partial charge in [-0.1, -0.05) is 12.5 Å². The molecule has 1 aliphatic rings. The lowest BCUT2D eigenvalue weighted by molar-refractivity contribution is -0.141. The molecule has 1 aromatic carbocycles. The number of pyridine rings is 2. The topological polar surface area (TPSA) is 105 Å². The molecule has 0 unspecified atom stereocenters. The number of aromatic nitrogens is 2. The van der Waals surface area contributed by atoms with Gasteiger partial charge in [-0.2, -0.15) is 13.2 Å². The molecule has 2 amide bonds. The Morgan fingerprint density at radius 3 is 2.66 bits per heavy atom. The maximum atomic E-state index is 13.1. The summed E-state index contributed by atoms with van der Waals surface area (Å²) in [4.78, 5) is 28.4. The Hall–Kier alpha value is -3.60. The summed E-state index contributed by atoms with van der Waals surface area (Å²) in [6.45, 7) is 0.0653. The van der Waals surface area contributed by atoms with E-state index in [1.807, 2.05) is 0 Å². The second-order valence-electron chi connectivity index (χ2n) is 8.36. The van der Waals surface area contributed by atoms with E-state index in [4.69, 9.17) is 4.74 Å². The van der Waals surface area contributed by atoms with Crippen LogP contribution in [-0.4, -0.2) is 33.9 Å². The fraction of sp³-hybridized carbons (Fsp3) is 0.375. The van der Waals surface area contributed by atoms with Gasteiger partial charge in [-0.15, -0.1) is 0 Å². The molecule has 0 saturated heterocycles. The number of hydrogen-bond donors (Lipinski definition) is 3. The fourth-order valence-electron chi connectivity index (χ4n) is 3.85. The zero-order chi connectivity index (χ0) is 25.0. The molecule has 0 aliphatic heterocycles. The van der Waals surface area contributed by atoms with Crippen LogP contribution in [0.15, 0.2) is 47.3 Å². The molecule has 3 N–H and O–H groups in total. The van der Waals surface area contributed by atoms with E-state index in [0.29, 0.717) is 28.1 Å². The van der Waals surface area contributed by atoms with Gasteiger partial charge >= 0.3 is 12.2 Å². The number of rotatable bonds is 8. The number of ether oxygens (including phenoxy) is 1. The first-order valence-electron chi connectivity index (χ1n) is 11.2. The number of carbonyl (C=O) groups is 1. The number of urea groups is 1. The number of carbonyl (C=O) groups excluding carboxylic acids is 1. The lowest BCUT2D eigenvalue weighted by Gasteiger charge is -2.25. The van der Waals surface area contributed by atoms with Crippen LogP contribution in [0.25, 0.3) is 10.9 Å². The van der Waals surface area contributed by atoms with E-state index in [1.54, 1.807) is 24.3 Å². The molecule has 8 nitrogen and oxygen atoms in total. The molecule has 2 aromatic heterocycles. The molecular formula is C24H25F3N4O4. The number of aliphatic hydroxyl groups is 1. The maximum Gasteiger partial charge on any atom is 0.433 e. The van der Waals surface area contributed by atoms with E-state index in [2.05, 4.69) is 15.6 Å². The smallest absolute Gasteiger partial charge is 0.433 e. The molecule has 11 heteroatoms. The molecule has 1 aliphatic carbocycles. The first-order valence-corrected chi connectivity index (χ1v) is 11.2. The van der Waals surface area contributed by atoms with Crippen LogP contribution >= 0.6 is 0 Å². The third-order valence-electron chi connectivity index (χ3n) is 5.95. The third-order valence-corrected chi connectivity index (χ3v) is 5.95. The van der Waals surface area contributed by atoms with Crippen molar-refractivity contribution in [2.45, 2.75) is 38.5 Å². The molecule has 0 spiro atoms. The maximum absolute atomic E-state index is 13.1. The highest BCUT2D eigenvalue weighted by atomic mass is 19.4. The van der Waals surface area contributed by atoms with Crippen LogP contribution in [0.1, 0.15) is 30.5 Å². The number of nitrogens with zero attached hydrogens (tertiary/aromatic N) is 2. The Bertz CT molecular complexity index is 1270. The average molecular weight is 490 g/mol. The number of amides is 2. The van der Waals surface area contributed by atoms with Crippen LogP contribution in [0.4, 0.5) is 23.7 Å². The van der Waals surface area contributed by atoms with Crippen molar-refractivity contribution < 1.29 is 27.8 Å². The van der Waals surface area contributed by atoms with Gasteiger partial charge in [0.25, 0.3) is 5.56 Å². The van der Waals surface area contributed by atoms with Gasteiger partial charge in [0, 0.05) is 30.1 Å². The lowest BCUT2D eigenvalue weighted by atomic mass is 9.86. The van der Waals surface area contributed by atoms with Crippen molar-refractivity contribution in [2.24, 2.45) is 5.92 Å². The number of alkyl halides is 3. The van der Waals surface area contributed by atoms with Crippen LogP contribution in [0, 0.1) is 5.92 Å². The number of fused-ring (bicyclic) bond motifs is 1. The highest BCUT2D eigenvalue weighted by Crippen LogP contribution is 2.32. The first kappa shape index (κ1) is 24.5. The Kier molecular flexibility index (Phi) is 7.25. The quantitative estimate of drug-likeness (QED) is 0.444. The predicted molar refractivity (Wildman–Crippen MR) is 123 cm³/mol. The normalized spacial score (nSPS) is 13.9. The summed E-state index contributed by atoms with van der Waals surface area (Å²) in [6.07, 6.45) is -1.61. The van der Waals surface area contributed by atoms with Gasteiger partial charge < -0.3 is 25.0 Å². The minimum Gasteiger partial charge on any atom is -0.477 e. The molecule has 186 valence electrons. The standard InChI is InChI=1S/C24H25F3N4O4/c25-24(26,27)20-9-7-16(22(30-20)35-14-15-3-1-4-15)13-28-23(34)29-18-5-2-6-19-17(18)8-10-21(33)31(19)11-12-32/h2,5-10,15,32H,1,3-4,11-14H2,(H2,28,29,34). The van der Waals surface area contributed by atoms with Crippen LogP contribution in [0.2, 0.25) is 0 Å². The number of hydrogen-bond acceptors (Lipinski definition) is 5. The second-order valence-corrected chi connectivity index (χ2v) is 8.36. The Morgan fingerprint density at radius 1 is 1.17 bits per heavy atom. The number of benzene rings is 1. The zero-order valence-corrected chi connectivity index (χ0v) is 18.8. The van der Waals surface area contributed by atoms with E-state index in [9.17, 15) is 27.9 Å². The van der Waals surface area contributed by atoms with Crippen LogP contribution in [-0.2, 0) is 19.3 Å². The van der Waals surface area contributed by atoms with Crippen molar-refractivity contribution >= 4 is 22.6 Å². The summed E-state index contributed by atoms with van der Waals surface area (Å²) in [5.41, 5.74) is -0.0415. The summed E-state index contributed by atoms with van der Waals surface area (Å²) in [5, 5.41) is 15.2. The van der Waals surface area contributed by atoms with Crippen molar-refractivity contribution in [1.29, 1.82) is 0 Å². The second kappa shape index (κ2) is 10.3.